The van der Waals surface area contributed by atoms with Gasteiger partial charge in [0.1, 0.15) is 5.82 Å². The fourth-order valence-corrected chi connectivity index (χ4v) is 2.32. The number of halogens is 1. The number of hydrogen-bond donors (Lipinski definition) is 3. The zero-order chi connectivity index (χ0) is 18.2. The zero-order valence-electron chi connectivity index (χ0n) is 13.6. The van der Waals surface area contributed by atoms with E-state index in [0.29, 0.717) is 32.7 Å². The van der Waals surface area contributed by atoms with Crippen molar-refractivity contribution in [3.05, 3.63) is 29.6 Å². The highest BCUT2D eigenvalue weighted by atomic mass is 19.1. The predicted octanol–water partition coefficient (Wildman–Crippen LogP) is 1.28. The molecule has 1 aliphatic heterocycles. The number of hydrogen-bond acceptors (Lipinski definition) is 4. The van der Waals surface area contributed by atoms with Crippen LogP contribution in [-0.2, 0) is 9.53 Å². The summed E-state index contributed by atoms with van der Waals surface area (Å²) in [6.07, 6.45) is 0.247. The molecule has 1 aromatic carbocycles. The SMILES string of the molecule is O=C(O)CCCNC(=O)Nc1ccc(C(=O)N2CCOCC2)c(F)c1. The van der Waals surface area contributed by atoms with Gasteiger partial charge in [-0.25, -0.2) is 9.18 Å². The van der Waals surface area contributed by atoms with E-state index in [2.05, 4.69) is 10.6 Å². The number of morpholine rings is 1. The molecule has 1 fully saturated rings. The van der Waals surface area contributed by atoms with Crippen molar-refractivity contribution in [1.29, 1.82) is 0 Å². The molecule has 9 heteroatoms. The van der Waals surface area contributed by atoms with Crippen molar-refractivity contribution in [1.82, 2.24) is 10.2 Å². The molecule has 0 spiro atoms. The highest BCUT2D eigenvalue weighted by Crippen LogP contribution is 2.17. The maximum absolute atomic E-state index is 14.2. The van der Waals surface area contributed by atoms with Crippen LogP contribution in [0.15, 0.2) is 18.2 Å². The summed E-state index contributed by atoms with van der Waals surface area (Å²) in [5.41, 5.74) is 0.140. The molecule has 1 aromatic rings. The molecule has 136 valence electrons. The van der Waals surface area contributed by atoms with Gasteiger partial charge in [-0.05, 0) is 24.6 Å². The minimum atomic E-state index is -0.940. The lowest BCUT2D eigenvalue weighted by Crippen LogP contribution is -2.41. The van der Waals surface area contributed by atoms with Crippen molar-refractivity contribution >= 4 is 23.6 Å². The van der Waals surface area contributed by atoms with Gasteiger partial charge in [0.15, 0.2) is 0 Å². The molecule has 0 radical (unpaired) electrons. The van der Waals surface area contributed by atoms with Crippen LogP contribution in [0.4, 0.5) is 14.9 Å². The summed E-state index contributed by atoms with van der Waals surface area (Å²) >= 11 is 0. The van der Waals surface area contributed by atoms with Gasteiger partial charge in [-0.2, -0.15) is 0 Å². The lowest BCUT2D eigenvalue weighted by atomic mass is 10.1. The van der Waals surface area contributed by atoms with E-state index in [-0.39, 0.29) is 24.2 Å². The number of carbonyl (C=O) groups is 3. The Bertz CT molecular complexity index is 647. The first kappa shape index (κ1) is 18.7. The van der Waals surface area contributed by atoms with Crippen molar-refractivity contribution in [2.45, 2.75) is 12.8 Å². The van der Waals surface area contributed by atoms with E-state index in [1.54, 1.807) is 0 Å². The summed E-state index contributed by atoms with van der Waals surface area (Å²) in [5.74, 6) is -2.07. The Labute approximate surface area is 143 Å². The third kappa shape index (κ3) is 5.71. The largest absolute Gasteiger partial charge is 0.481 e. The molecule has 3 amide bonds. The average Bonchev–Trinajstić information content (AvgIpc) is 2.59. The van der Waals surface area contributed by atoms with Crippen molar-refractivity contribution in [3.8, 4) is 0 Å². The van der Waals surface area contributed by atoms with Gasteiger partial charge < -0.3 is 25.4 Å². The van der Waals surface area contributed by atoms with Gasteiger partial charge in [0, 0.05) is 31.7 Å². The van der Waals surface area contributed by atoms with Gasteiger partial charge in [0.25, 0.3) is 5.91 Å². The molecule has 0 atom stereocenters. The molecular formula is C16H20FN3O5. The second-order valence-corrected chi connectivity index (χ2v) is 5.48. The summed E-state index contributed by atoms with van der Waals surface area (Å²) in [4.78, 5) is 35.8. The van der Waals surface area contributed by atoms with Crippen molar-refractivity contribution in [2.75, 3.05) is 38.2 Å². The minimum Gasteiger partial charge on any atom is -0.481 e. The molecule has 1 heterocycles. The Morgan fingerprint density at radius 2 is 1.96 bits per heavy atom. The Balaban J connectivity index is 1.89. The van der Waals surface area contributed by atoms with Crippen molar-refractivity contribution in [3.63, 3.8) is 0 Å². The third-order valence-electron chi connectivity index (χ3n) is 3.61. The van der Waals surface area contributed by atoms with Gasteiger partial charge >= 0.3 is 12.0 Å². The van der Waals surface area contributed by atoms with Crippen LogP contribution < -0.4 is 10.6 Å². The van der Waals surface area contributed by atoms with Gasteiger partial charge in [-0.1, -0.05) is 0 Å². The molecule has 0 aliphatic carbocycles. The van der Waals surface area contributed by atoms with Crippen molar-refractivity contribution in [2.24, 2.45) is 0 Å². The Morgan fingerprint density at radius 1 is 1.24 bits per heavy atom. The Hall–Kier alpha value is -2.68. The predicted molar refractivity (Wildman–Crippen MR) is 87.0 cm³/mol. The highest BCUT2D eigenvalue weighted by molar-refractivity contribution is 5.96. The van der Waals surface area contributed by atoms with Crippen LogP contribution >= 0.6 is 0 Å². The van der Waals surface area contributed by atoms with Gasteiger partial charge in [-0.15, -0.1) is 0 Å². The van der Waals surface area contributed by atoms with Crippen LogP contribution in [-0.4, -0.2) is 60.8 Å². The highest BCUT2D eigenvalue weighted by Gasteiger charge is 2.21. The van der Waals surface area contributed by atoms with E-state index >= 15 is 0 Å². The first-order valence-corrected chi connectivity index (χ1v) is 7.90. The maximum Gasteiger partial charge on any atom is 0.319 e. The van der Waals surface area contributed by atoms with E-state index in [4.69, 9.17) is 9.84 Å². The quantitative estimate of drug-likeness (QED) is 0.668. The smallest absolute Gasteiger partial charge is 0.319 e. The number of nitrogens with zero attached hydrogens (tertiary/aromatic N) is 1. The number of aliphatic carboxylic acids is 1. The first-order chi connectivity index (χ1) is 12.0. The summed E-state index contributed by atoms with van der Waals surface area (Å²) in [5, 5.41) is 13.4. The number of rotatable bonds is 6. The van der Waals surface area contributed by atoms with Crippen molar-refractivity contribution < 1.29 is 28.6 Å². The van der Waals surface area contributed by atoms with Gasteiger partial charge in [-0.3, -0.25) is 9.59 Å². The molecule has 0 saturated carbocycles. The number of carboxylic acid groups (broad SMARTS) is 1. The van der Waals surface area contributed by atoms with Crippen LogP contribution in [0.25, 0.3) is 0 Å². The van der Waals surface area contributed by atoms with Crippen LogP contribution in [0, 0.1) is 5.82 Å². The van der Waals surface area contributed by atoms with Crippen LogP contribution in [0.2, 0.25) is 0 Å². The van der Waals surface area contributed by atoms with E-state index in [0.717, 1.165) is 6.07 Å². The van der Waals surface area contributed by atoms with E-state index in [9.17, 15) is 18.8 Å². The number of urea groups is 1. The standard InChI is InChI=1S/C16H20FN3O5/c17-13-10-11(19-16(24)18-5-1-2-14(21)22)3-4-12(13)15(23)20-6-8-25-9-7-20/h3-4,10H,1-2,5-9H2,(H,21,22)(H2,18,19,24). The molecule has 25 heavy (non-hydrogen) atoms. The number of ether oxygens (including phenoxy) is 1. The lowest BCUT2D eigenvalue weighted by molar-refractivity contribution is -0.137. The number of benzene rings is 1. The Morgan fingerprint density at radius 3 is 2.60 bits per heavy atom. The molecule has 1 saturated heterocycles. The molecule has 1 aliphatic rings. The molecule has 3 N–H and O–H groups in total. The Kier molecular flexibility index (Phi) is 6.70. The fourth-order valence-electron chi connectivity index (χ4n) is 2.32. The van der Waals surface area contributed by atoms with Gasteiger partial charge in [0.2, 0.25) is 0 Å². The summed E-state index contributed by atoms with van der Waals surface area (Å²) in [7, 11) is 0. The lowest BCUT2D eigenvalue weighted by Gasteiger charge is -2.27. The number of carbonyl (C=O) groups excluding carboxylic acids is 2. The number of amides is 3. The van der Waals surface area contributed by atoms with Gasteiger partial charge in [0.05, 0.1) is 18.8 Å². The number of anilines is 1. The van der Waals surface area contributed by atoms with E-state index in [1.807, 2.05) is 0 Å². The van der Waals surface area contributed by atoms with Crippen LogP contribution in [0.1, 0.15) is 23.2 Å². The molecule has 8 nitrogen and oxygen atoms in total. The number of carboxylic acids is 1. The first-order valence-electron chi connectivity index (χ1n) is 7.90. The molecule has 2 rings (SSSR count). The monoisotopic (exact) mass is 353 g/mol. The van der Waals surface area contributed by atoms with E-state index < -0.39 is 23.7 Å². The third-order valence-corrected chi connectivity index (χ3v) is 3.61. The average molecular weight is 353 g/mol. The van der Waals surface area contributed by atoms with Crippen LogP contribution in [0.5, 0.6) is 0 Å². The minimum absolute atomic E-state index is 0.0484. The summed E-state index contributed by atoms with van der Waals surface area (Å²) in [6.45, 7) is 1.87. The molecule has 0 unspecified atom stereocenters. The number of nitrogens with one attached hydrogen (secondary N) is 2. The summed E-state index contributed by atoms with van der Waals surface area (Å²) in [6, 6.07) is 3.27. The van der Waals surface area contributed by atoms with Crippen LogP contribution in [0.3, 0.4) is 0 Å². The molecule has 0 aromatic heterocycles. The second-order valence-electron chi connectivity index (χ2n) is 5.48. The second kappa shape index (κ2) is 8.97. The topological polar surface area (TPSA) is 108 Å². The normalized spacial score (nSPS) is 14.0. The fraction of sp³-hybridized carbons (Fsp3) is 0.438. The zero-order valence-corrected chi connectivity index (χ0v) is 13.6. The molecular weight excluding hydrogens is 333 g/mol. The summed E-state index contributed by atoms with van der Waals surface area (Å²) < 4.78 is 19.3. The molecule has 0 bridgehead atoms. The maximum atomic E-state index is 14.2. The van der Waals surface area contributed by atoms with E-state index in [1.165, 1.54) is 17.0 Å².